The predicted octanol–water partition coefficient (Wildman–Crippen LogP) is 3.67. The first-order valence-corrected chi connectivity index (χ1v) is 9.32. The fourth-order valence-electron chi connectivity index (χ4n) is 3.04. The van der Waals surface area contributed by atoms with Crippen LogP contribution in [0.1, 0.15) is 21.5 Å². The molecule has 4 aromatic rings. The van der Waals surface area contributed by atoms with Crippen molar-refractivity contribution in [2.45, 2.75) is 6.92 Å². The minimum absolute atomic E-state index is 0.00656. The number of aliphatic imine (C=N–C) groups is 1. The van der Waals surface area contributed by atoms with Crippen molar-refractivity contribution in [2.24, 2.45) is 10.7 Å². The maximum absolute atomic E-state index is 12.7. The molecule has 0 saturated heterocycles. The number of nitrogens with zero attached hydrogens (tertiary/aromatic N) is 3. The van der Waals surface area contributed by atoms with Gasteiger partial charge in [-0.2, -0.15) is 9.98 Å². The molecule has 1 amide bonds. The summed E-state index contributed by atoms with van der Waals surface area (Å²) in [4.78, 5) is 21.0. The number of aromatic hydroxyl groups is 2. The zero-order valence-corrected chi connectivity index (χ0v) is 16.5. The molecule has 1 aromatic heterocycles. The number of aryl methyl sites for hydroxylation is 1. The van der Waals surface area contributed by atoms with Gasteiger partial charge < -0.3 is 20.5 Å². The van der Waals surface area contributed by atoms with Gasteiger partial charge in [-0.25, -0.2) is 0 Å². The van der Waals surface area contributed by atoms with Crippen molar-refractivity contribution in [2.75, 3.05) is 0 Å². The Morgan fingerprint density at radius 2 is 1.68 bits per heavy atom. The molecule has 0 fully saturated rings. The third kappa shape index (κ3) is 4.43. The lowest BCUT2D eigenvalue weighted by atomic mass is 10.1. The van der Waals surface area contributed by atoms with Gasteiger partial charge in [-0.05, 0) is 55.0 Å². The summed E-state index contributed by atoms with van der Waals surface area (Å²) in [6.45, 7) is 1.83. The maximum atomic E-state index is 12.7. The largest absolute Gasteiger partial charge is 0.508 e. The van der Waals surface area contributed by atoms with E-state index in [0.29, 0.717) is 28.1 Å². The molecular formula is C23H18N4O4. The molecule has 8 nitrogen and oxygen atoms in total. The van der Waals surface area contributed by atoms with E-state index >= 15 is 0 Å². The molecule has 0 atom stereocenters. The lowest BCUT2D eigenvalue weighted by Crippen LogP contribution is -2.15. The second-order valence-corrected chi connectivity index (χ2v) is 6.91. The van der Waals surface area contributed by atoms with E-state index < -0.39 is 5.91 Å². The minimum Gasteiger partial charge on any atom is -0.508 e. The van der Waals surface area contributed by atoms with Gasteiger partial charge >= 0.3 is 0 Å². The SMILES string of the molecule is Cc1cc(C(=O)N=C(N)c2cccc(O)c2)cc(-c2nc(-c3cccc(O)c3)no2)c1. The Bertz CT molecular complexity index is 1310. The normalized spacial score (nSPS) is 11.5. The number of nitrogens with two attached hydrogens (primary N) is 1. The minimum atomic E-state index is -0.543. The van der Waals surface area contributed by atoms with Crippen LogP contribution in [0, 0.1) is 6.92 Å². The Morgan fingerprint density at radius 3 is 2.42 bits per heavy atom. The Morgan fingerprint density at radius 1 is 0.935 bits per heavy atom. The summed E-state index contributed by atoms with van der Waals surface area (Å²) in [5, 5.41) is 23.2. The first kappa shape index (κ1) is 19.8. The van der Waals surface area contributed by atoms with E-state index in [1.165, 1.54) is 18.2 Å². The summed E-state index contributed by atoms with van der Waals surface area (Å²) in [7, 11) is 0. The van der Waals surface area contributed by atoms with E-state index in [0.717, 1.165) is 5.56 Å². The number of carbonyl (C=O) groups excluding carboxylic acids is 1. The number of aromatic nitrogens is 2. The molecule has 3 aromatic carbocycles. The van der Waals surface area contributed by atoms with E-state index in [1.54, 1.807) is 48.5 Å². The molecule has 31 heavy (non-hydrogen) atoms. The van der Waals surface area contributed by atoms with Crippen molar-refractivity contribution in [3.63, 3.8) is 0 Å². The van der Waals surface area contributed by atoms with Gasteiger partial charge in [0.1, 0.15) is 17.3 Å². The van der Waals surface area contributed by atoms with E-state index in [-0.39, 0.29) is 23.2 Å². The number of hydrogen-bond acceptors (Lipinski definition) is 6. The van der Waals surface area contributed by atoms with Crippen LogP contribution >= 0.6 is 0 Å². The summed E-state index contributed by atoms with van der Waals surface area (Å²) in [6.07, 6.45) is 0. The highest BCUT2D eigenvalue weighted by Crippen LogP contribution is 2.26. The summed E-state index contributed by atoms with van der Waals surface area (Å²) in [5.74, 6) is 0.105. The second-order valence-electron chi connectivity index (χ2n) is 6.91. The van der Waals surface area contributed by atoms with Crippen molar-refractivity contribution >= 4 is 11.7 Å². The summed E-state index contributed by atoms with van der Waals surface area (Å²) in [6, 6.07) is 17.8. The highest BCUT2D eigenvalue weighted by Gasteiger charge is 2.15. The number of amidine groups is 1. The summed E-state index contributed by atoms with van der Waals surface area (Å²) >= 11 is 0. The Labute approximate surface area is 177 Å². The first-order valence-electron chi connectivity index (χ1n) is 9.32. The molecule has 8 heteroatoms. The van der Waals surface area contributed by atoms with E-state index in [1.807, 2.05) is 6.92 Å². The number of hydrogen-bond donors (Lipinski definition) is 3. The van der Waals surface area contributed by atoms with Crippen LogP contribution in [0.25, 0.3) is 22.8 Å². The van der Waals surface area contributed by atoms with Gasteiger partial charge in [0.05, 0.1) is 0 Å². The zero-order valence-electron chi connectivity index (χ0n) is 16.5. The number of benzene rings is 3. The molecule has 4 N–H and O–H groups in total. The molecule has 0 aliphatic rings. The lowest BCUT2D eigenvalue weighted by molar-refractivity contribution is 0.100. The third-order valence-electron chi connectivity index (χ3n) is 4.47. The van der Waals surface area contributed by atoms with Gasteiger partial charge in [-0.3, -0.25) is 4.79 Å². The third-order valence-corrected chi connectivity index (χ3v) is 4.47. The van der Waals surface area contributed by atoms with Crippen LogP contribution < -0.4 is 5.73 Å². The van der Waals surface area contributed by atoms with E-state index in [4.69, 9.17) is 10.3 Å². The van der Waals surface area contributed by atoms with Crippen molar-refractivity contribution in [3.05, 3.63) is 83.4 Å². The smallest absolute Gasteiger partial charge is 0.278 e. The van der Waals surface area contributed by atoms with Gasteiger partial charge in [0, 0.05) is 22.3 Å². The zero-order chi connectivity index (χ0) is 22.0. The number of amides is 1. The number of carbonyl (C=O) groups is 1. The average molecular weight is 414 g/mol. The van der Waals surface area contributed by atoms with Crippen molar-refractivity contribution in [1.82, 2.24) is 10.1 Å². The fraction of sp³-hybridized carbons (Fsp3) is 0.0435. The van der Waals surface area contributed by atoms with Crippen molar-refractivity contribution in [1.29, 1.82) is 0 Å². The standard InChI is InChI=1S/C23H18N4O4/c1-13-8-16(22(30)25-20(24)14-4-2-6-18(28)11-14)10-17(9-13)23-26-21(27-31-23)15-5-3-7-19(29)12-15/h2-12,28-29H,1H3,(H2,24,25,30). The molecular weight excluding hydrogens is 396 g/mol. The molecule has 0 bridgehead atoms. The van der Waals surface area contributed by atoms with Gasteiger partial charge in [-0.1, -0.05) is 29.4 Å². The number of phenols is 2. The lowest BCUT2D eigenvalue weighted by Gasteiger charge is -2.04. The topological polar surface area (TPSA) is 135 Å². The first-order chi connectivity index (χ1) is 14.9. The summed E-state index contributed by atoms with van der Waals surface area (Å²) < 4.78 is 5.36. The molecule has 1 heterocycles. The number of phenolic OH excluding ortho intramolecular Hbond substituents is 2. The molecule has 0 aliphatic carbocycles. The van der Waals surface area contributed by atoms with Gasteiger partial charge in [-0.15, -0.1) is 0 Å². The molecule has 0 radical (unpaired) electrons. The molecule has 4 rings (SSSR count). The van der Waals surface area contributed by atoms with Crippen molar-refractivity contribution < 1.29 is 19.5 Å². The van der Waals surface area contributed by atoms with Gasteiger partial charge in [0.15, 0.2) is 0 Å². The Hall–Kier alpha value is -4.46. The monoisotopic (exact) mass is 414 g/mol. The van der Waals surface area contributed by atoms with E-state index in [2.05, 4.69) is 15.1 Å². The van der Waals surface area contributed by atoms with Crippen LogP contribution in [0.15, 0.2) is 76.2 Å². The predicted molar refractivity (Wildman–Crippen MR) is 115 cm³/mol. The fourth-order valence-corrected chi connectivity index (χ4v) is 3.04. The molecule has 0 saturated carbocycles. The van der Waals surface area contributed by atoms with E-state index in [9.17, 15) is 15.0 Å². The van der Waals surface area contributed by atoms with Crippen LogP contribution in [0.2, 0.25) is 0 Å². The number of rotatable bonds is 4. The molecule has 0 unspecified atom stereocenters. The Kier molecular flexibility index (Phi) is 5.19. The highest BCUT2D eigenvalue weighted by atomic mass is 16.5. The second kappa shape index (κ2) is 8.11. The van der Waals surface area contributed by atoms with Gasteiger partial charge in [0.25, 0.3) is 11.8 Å². The van der Waals surface area contributed by atoms with Crippen LogP contribution in [-0.4, -0.2) is 32.1 Å². The molecule has 0 spiro atoms. The Balaban J connectivity index is 1.65. The highest BCUT2D eigenvalue weighted by molar-refractivity contribution is 6.09. The maximum Gasteiger partial charge on any atom is 0.278 e. The summed E-state index contributed by atoms with van der Waals surface area (Å²) in [5.41, 5.74) is 8.61. The van der Waals surface area contributed by atoms with Crippen LogP contribution in [0.3, 0.4) is 0 Å². The van der Waals surface area contributed by atoms with Crippen LogP contribution in [0.4, 0.5) is 0 Å². The van der Waals surface area contributed by atoms with Crippen LogP contribution in [-0.2, 0) is 0 Å². The molecule has 154 valence electrons. The van der Waals surface area contributed by atoms with Crippen molar-refractivity contribution in [3.8, 4) is 34.3 Å². The van der Waals surface area contributed by atoms with Crippen LogP contribution in [0.5, 0.6) is 11.5 Å². The average Bonchev–Trinajstić information content (AvgIpc) is 3.24. The van der Waals surface area contributed by atoms with Gasteiger partial charge in [0.2, 0.25) is 5.82 Å². The quantitative estimate of drug-likeness (QED) is 0.342. The molecule has 0 aliphatic heterocycles.